The van der Waals surface area contributed by atoms with Crippen LogP contribution >= 0.6 is 23.2 Å². The van der Waals surface area contributed by atoms with Gasteiger partial charge >= 0.3 is 11.9 Å². The number of methoxy groups -OCH3 is 1. The van der Waals surface area contributed by atoms with E-state index < -0.39 is 36.3 Å². The van der Waals surface area contributed by atoms with Crippen molar-refractivity contribution in [3.63, 3.8) is 0 Å². The minimum atomic E-state index is -0.992. The normalized spacial score (nSPS) is 12.9. The quantitative estimate of drug-likeness (QED) is 0.568. The molecule has 1 rings (SSSR count). The van der Waals surface area contributed by atoms with Crippen molar-refractivity contribution in [1.29, 1.82) is 0 Å². The van der Waals surface area contributed by atoms with Crippen molar-refractivity contribution < 1.29 is 28.2 Å². The Balaban J connectivity index is 2.70. The van der Waals surface area contributed by atoms with Crippen LogP contribution in [0.25, 0.3) is 0 Å². The Bertz CT molecular complexity index is 668. The summed E-state index contributed by atoms with van der Waals surface area (Å²) in [6.07, 6.45) is 0.624. The van der Waals surface area contributed by atoms with Crippen molar-refractivity contribution >= 4 is 41.0 Å². The van der Waals surface area contributed by atoms with E-state index in [1.165, 1.54) is 7.11 Å². The lowest BCUT2D eigenvalue weighted by atomic mass is 9.99. The summed E-state index contributed by atoms with van der Waals surface area (Å²) in [7, 11) is 1.21. The highest BCUT2D eigenvalue weighted by molar-refractivity contribution is 6.36. The molecule has 2 atom stereocenters. The standard InChI is InChI=1S/C16H18Cl2FNO5/c1-4-8(2)14(16(23)24-3)20-13(21)7-25-15(22)9-5-12(19)11(18)6-10(9)17/h5-6,8,14H,4,7H2,1-3H3,(H,20,21)/t8-,14-/m1/s1. The predicted octanol–water partition coefficient (Wildman–Crippen LogP) is 2.99. The molecule has 1 aromatic carbocycles. The summed E-state index contributed by atoms with van der Waals surface area (Å²) in [5.74, 6) is -3.31. The van der Waals surface area contributed by atoms with Gasteiger partial charge in [0.05, 0.1) is 22.7 Å². The Morgan fingerprint density at radius 1 is 1.24 bits per heavy atom. The first-order chi connectivity index (χ1) is 11.7. The molecule has 0 saturated carbocycles. The summed E-state index contributed by atoms with van der Waals surface area (Å²) in [6, 6.07) is 1.02. The van der Waals surface area contributed by atoms with E-state index in [-0.39, 0.29) is 21.5 Å². The van der Waals surface area contributed by atoms with Crippen LogP contribution in [0.2, 0.25) is 10.0 Å². The number of carbonyl (C=O) groups is 3. The van der Waals surface area contributed by atoms with Crippen molar-refractivity contribution in [2.24, 2.45) is 5.92 Å². The van der Waals surface area contributed by atoms with Crippen LogP contribution in [0.15, 0.2) is 12.1 Å². The maximum Gasteiger partial charge on any atom is 0.340 e. The largest absolute Gasteiger partial charge is 0.467 e. The first-order valence-corrected chi connectivity index (χ1v) is 8.15. The molecule has 0 fully saturated rings. The van der Waals surface area contributed by atoms with Gasteiger partial charge in [-0.05, 0) is 18.1 Å². The van der Waals surface area contributed by atoms with Crippen LogP contribution in [0.4, 0.5) is 4.39 Å². The van der Waals surface area contributed by atoms with Gasteiger partial charge in [0, 0.05) is 0 Å². The molecule has 9 heteroatoms. The maximum atomic E-state index is 13.4. The molecule has 0 aliphatic carbocycles. The minimum absolute atomic E-state index is 0.108. The average molecular weight is 394 g/mol. The van der Waals surface area contributed by atoms with E-state index in [2.05, 4.69) is 10.1 Å². The molecule has 0 spiro atoms. The number of hydrogen-bond acceptors (Lipinski definition) is 5. The van der Waals surface area contributed by atoms with Gasteiger partial charge in [-0.15, -0.1) is 0 Å². The highest BCUT2D eigenvalue weighted by Crippen LogP contribution is 2.24. The van der Waals surface area contributed by atoms with Gasteiger partial charge in [0.1, 0.15) is 11.9 Å². The molecule has 0 aliphatic rings. The van der Waals surface area contributed by atoms with Gasteiger partial charge in [0.2, 0.25) is 0 Å². The molecule has 1 aromatic rings. The molecule has 0 aromatic heterocycles. The molecule has 0 unspecified atom stereocenters. The number of ether oxygens (including phenoxy) is 2. The van der Waals surface area contributed by atoms with E-state index in [0.717, 1.165) is 12.1 Å². The first-order valence-electron chi connectivity index (χ1n) is 7.40. The molecular formula is C16H18Cl2FNO5. The minimum Gasteiger partial charge on any atom is -0.467 e. The summed E-state index contributed by atoms with van der Waals surface area (Å²) in [4.78, 5) is 35.5. The Labute approximate surface area is 154 Å². The van der Waals surface area contributed by atoms with Crippen LogP contribution in [0.1, 0.15) is 30.6 Å². The monoisotopic (exact) mass is 393 g/mol. The summed E-state index contributed by atoms with van der Waals surface area (Å²) in [6.45, 7) is 2.96. The number of carbonyl (C=O) groups excluding carboxylic acids is 3. The Morgan fingerprint density at radius 2 is 1.88 bits per heavy atom. The third-order valence-corrected chi connectivity index (χ3v) is 4.15. The van der Waals surface area contributed by atoms with Gasteiger partial charge in [-0.25, -0.2) is 14.0 Å². The number of benzene rings is 1. The molecule has 0 heterocycles. The van der Waals surface area contributed by atoms with Crippen LogP contribution in [-0.4, -0.2) is 37.6 Å². The van der Waals surface area contributed by atoms with Crippen LogP contribution in [0.5, 0.6) is 0 Å². The summed E-state index contributed by atoms with van der Waals surface area (Å²) >= 11 is 11.3. The number of hydrogen-bond donors (Lipinski definition) is 1. The molecular weight excluding hydrogens is 376 g/mol. The van der Waals surface area contributed by atoms with Crippen LogP contribution in [0, 0.1) is 11.7 Å². The van der Waals surface area contributed by atoms with Crippen LogP contribution in [0.3, 0.4) is 0 Å². The fourth-order valence-corrected chi connectivity index (χ4v) is 2.36. The fourth-order valence-electron chi connectivity index (χ4n) is 1.90. The van der Waals surface area contributed by atoms with Crippen molar-refractivity contribution in [3.05, 3.63) is 33.6 Å². The number of amides is 1. The zero-order valence-corrected chi connectivity index (χ0v) is 15.4. The van der Waals surface area contributed by atoms with Gasteiger partial charge in [-0.3, -0.25) is 4.79 Å². The summed E-state index contributed by atoms with van der Waals surface area (Å²) in [5, 5.41) is 2.09. The Kier molecular flexibility index (Phi) is 8.12. The second-order valence-electron chi connectivity index (χ2n) is 5.28. The summed E-state index contributed by atoms with van der Waals surface area (Å²) in [5.41, 5.74) is -0.261. The van der Waals surface area contributed by atoms with Crippen molar-refractivity contribution in [2.45, 2.75) is 26.3 Å². The lowest BCUT2D eigenvalue weighted by Crippen LogP contribution is -2.47. The lowest BCUT2D eigenvalue weighted by molar-refractivity contribution is -0.147. The van der Waals surface area contributed by atoms with Crippen molar-refractivity contribution in [2.75, 3.05) is 13.7 Å². The molecule has 138 valence electrons. The summed E-state index contributed by atoms with van der Waals surface area (Å²) < 4.78 is 22.9. The molecule has 0 radical (unpaired) electrons. The predicted molar refractivity (Wildman–Crippen MR) is 90.1 cm³/mol. The molecule has 0 bridgehead atoms. The van der Waals surface area contributed by atoms with Gasteiger partial charge < -0.3 is 14.8 Å². The van der Waals surface area contributed by atoms with Crippen molar-refractivity contribution in [1.82, 2.24) is 5.32 Å². The van der Waals surface area contributed by atoms with Crippen molar-refractivity contribution in [3.8, 4) is 0 Å². The van der Waals surface area contributed by atoms with Crippen LogP contribution in [-0.2, 0) is 19.1 Å². The molecule has 1 amide bonds. The number of halogens is 3. The topological polar surface area (TPSA) is 81.7 Å². The van der Waals surface area contributed by atoms with E-state index in [0.29, 0.717) is 6.42 Å². The molecule has 0 aliphatic heterocycles. The number of esters is 2. The molecule has 0 saturated heterocycles. The van der Waals surface area contributed by atoms with Gasteiger partial charge in [-0.1, -0.05) is 43.5 Å². The SMILES string of the molecule is CC[C@@H](C)[C@@H](NC(=O)COC(=O)c1cc(F)c(Cl)cc1Cl)C(=O)OC. The van der Waals surface area contributed by atoms with Gasteiger partial charge in [-0.2, -0.15) is 0 Å². The van der Waals surface area contributed by atoms with E-state index >= 15 is 0 Å². The van der Waals surface area contributed by atoms with E-state index in [4.69, 9.17) is 27.9 Å². The lowest BCUT2D eigenvalue weighted by Gasteiger charge is -2.21. The smallest absolute Gasteiger partial charge is 0.340 e. The third kappa shape index (κ3) is 5.86. The zero-order valence-electron chi connectivity index (χ0n) is 13.9. The second-order valence-corrected chi connectivity index (χ2v) is 6.09. The highest BCUT2D eigenvalue weighted by Gasteiger charge is 2.27. The Morgan fingerprint density at radius 3 is 2.44 bits per heavy atom. The van der Waals surface area contributed by atoms with E-state index in [1.807, 2.05) is 6.92 Å². The first kappa shape index (κ1) is 21.2. The molecule has 1 N–H and O–H groups in total. The number of nitrogens with one attached hydrogen (secondary N) is 1. The second kappa shape index (κ2) is 9.58. The average Bonchev–Trinajstić information content (AvgIpc) is 2.59. The van der Waals surface area contributed by atoms with E-state index in [9.17, 15) is 18.8 Å². The Hall–Kier alpha value is -1.86. The maximum absolute atomic E-state index is 13.4. The zero-order chi connectivity index (χ0) is 19.1. The third-order valence-electron chi connectivity index (χ3n) is 3.55. The molecule has 6 nitrogen and oxygen atoms in total. The van der Waals surface area contributed by atoms with Crippen LogP contribution < -0.4 is 5.32 Å². The van der Waals surface area contributed by atoms with Gasteiger partial charge in [0.25, 0.3) is 5.91 Å². The number of rotatable bonds is 7. The fraction of sp³-hybridized carbons (Fsp3) is 0.438. The highest BCUT2D eigenvalue weighted by atomic mass is 35.5. The van der Waals surface area contributed by atoms with Gasteiger partial charge in [0.15, 0.2) is 6.61 Å². The molecule has 25 heavy (non-hydrogen) atoms. The van der Waals surface area contributed by atoms with E-state index in [1.54, 1.807) is 6.92 Å².